The van der Waals surface area contributed by atoms with Crippen LogP contribution in [0.4, 0.5) is 5.69 Å². The number of aliphatic hydroxyl groups excluding tert-OH is 1. The minimum Gasteiger partial charge on any atom is -0.454 e. The minimum atomic E-state index is -1.56. The highest BCUT2D eigenvalue weighted by molar-refractivity contribution is 6.00. The summed E-state index contributed by atoms with van der Waals surface area (Å²) in [7, 11) is 3.24. The molecule has 10 nitrogen and oxygen atoms in total. The van der Waals surface area contributed by atoms with Gasteiger partial charge in [-0.25, -0.2) is 4.79 Å². The summed E-state index contributed by atoms with van der Waals surface area (Å²) < 4.78 is 18.5. The number of methoxy groups -OCH3 is 2. The number of carbonyl (C=O) groups excluding carboxylic acids is 2. The molecule has 1 saturated heterocycles. The maximum absolute atomic E-state index is 13.9. The number of carbonyl (C=O) groups is 2. The topological polar surface area (TPSA) is 138 Å². The van der Waals surface area contributed by atoms with E-state index < -0.39 is 46.3 Å². The van der Waals surface area contributed by atoms with Crippen molar-refractivity contribution in [2.24, 2.45) is 29.1 Å². The Morgan fingerprint density at radius 1 is 1.12 bits per heavy atom. The summed E-state index contributed by atoms with van der Waals surface area (Å²) in [5, 5.41) is 40.2. The van der Waals surface area contributed by atoms with Crippen LogP contribution in [0.2, 0.25) is 0 Å². The van der Waals surface area contributed by atoms with Gasteiger partial charge in [0, 0.05) is 69.2 Å². The van der Waals surface area contributed by atoms with Crippen LogP contribution in [0, 0.1) is 29.1 Å². The lowest BCUT2D eigenvalue weighted by atomic mass is 9.44. The van der Waals surface area contributed by atoms with Crippen LogP contribution >= 0.6 is 0 Å². The van der Waals surface area contributed by atoms with E-state index in [9.17, 15) is 24.9 Å². The molecule has 5 aliphatic carbocycles. The highest BCUT2D eigenvalue weighted by Gasteiger charge is 2.88. The van der Waals surface area contributed by atoms with Gasteiger partial charge in [0.05, 0.1) is 29.6 Å². The lowest BCUT2D eigenvalue weighted by Crippen LogP contribution is -2.83. The van der Waals surface area contributed by atoms with Crippen LogP contribution in [0.25, 0.3) is 0 Å². The Hall–Kier alpha value is -2.08. The van der Waals surface area contributed by atoms with Gasteiger partial charge in [-0.05, 0) is 44.4 Å². The molecule has 4 N–H and O–H groups in total. The van der Waals surface area contributed by atoms with Crippen LogP contribution < -0.4 is 5.32 Å². The molecule has 224 valence electrons. The average Bonchev–Trinajstić information content (AvgIpc) is 3.37. The quantitative estimate of drug-likeness (QED) is 0.376. The van der Waals surface area contributed by atoms with E-state index in [0.717, 1.165) is 0 Å². The Morgan fingerprint density at radius 2 is 1.88 bits per heavy atom. The summed E-state index contributed by atoms with van der Waals surface area (Å²) in [6.07, 6.45) is 0.660. The van der Waals surface area contributed by atoms with Crippen molar-refractivity contribution in [1.82, 2.24) is 4.90 Å². The van der Waals surface area contributed by atoms with Crippen LogP contribution in [0.1, 0.15) is 56.3 Å². The normalized spacial score (nSPS) is 49.0. The number of ether oxygens (including phenoxy) is 3. The number of amides is 1. The first kappa shape index (κ1) is 27.7. The third-order valence-corrected chi connectivity index (χ3v) is 12.4. The molecule has 7 rings (SSSR count). The summed E-state index contributed by atoms with van der Waals surface area (Å²) in [6.45, 7) is 4.60. The van der Waals surface area contributed by atoms with Crippen LogP contribution in [0.5, 0.6) is 0 Å². The largest absolute Gasteiger partial charge is 0.454 e. The van der Waals surface area contributed by atoms with Gasteiger partial charge in [0.1, 0.15) is 16.8 Å². The number of para-hydroxylation sites is 1. The molecule has 1 aromatic rings. The number of nitrogens with one attached hydrogen (secondary N) is 1. The van der Waals surface area contributed by atoms with E-state index in [0.29, 0.717) is 50.9 Å². The van der Waals surface area contributed by atoms with Gasteiger partial charge in [-0.3, -0.25) is 9.69 Å². The van der Waals surface area contributed by atoms with Gasteiger partial charge < -0.3 is 34.8 Å². The molecule has 1 amide bonds. The molecule has 0 unspecified atom stereocenters. The van der Waals surface area contributed by atoms with Gasteiger partial charge in [-0.15, -0.1) is 0 Å². The lowest BCUT2D eigenvalue weighted by molar-refractivity contribution is -0.336. The number of fused-ring (bicyclic) bond motifs is 2. The van der Waals surface area contributed by atoms with E-state index in [2.05, 4.69) is 17.1 Å². The highest BCUT2D eigenvalue weighted by Crippen LogP contribution is 2.79. The van der Waals surface area contributed by atoms with Crippen molar-refractivity contribution < 1.29 is 39.1 Å². The van der Waals surface area contributed by atoms with Gasteiger partial charge in [0.2, 0.25) is 5.91 Å². The first-order chi connectivity index (χ1) is 19.5. The van der Waals surface area contributed by atoms with E-state index in [1.807, 2.05) is 0 Å². The smallest absolute Gasteiger partial charge is 0.340 e. The molecule has 1 heterocycles. The Balaban J connectivity index is 1.36. The number of likely N-dealkylation sites (tertiary alicyclic amines) is 1. The number of hydrogen-bond acceptors (Lipinski definition) is 9. The number of likely N-dealkylation sites (N-methyl/N-ethyl adjacent to an activating group) is 1. The number of rotatable bonds is 6. The van der Waals surface area contributed by atoms with Crippen LogP contribution in [-0.4, -0.2) is 101 Å². The molecule has 6 fully saturated rings. The molecular formula is C31H42N2O8. The number of nitrogens with zero attached hydrogens (tertiary/aromatic N) is 1. The third kappa shape index (κ3) is 3.14. The molecule has 1 spiro atoms. The van der Waals surface area contributed by atoms with E-state index in [1.165, 1.54) is 6.92 Å². The zero-order valence-electron chi connectivity index (χ0n) is 24.2. The number of benzene rings is 1. The standard InChI is InChI=1S/C31H42N2O8/c1-5-33-15-28(41-27(36)17-8-6-7-9-20(17)32-16(2)34)11-10-24(35)30-22(28)13-19(25(30)33)29(37)14-21(39-3)18-12-23(30)31(29,38)26(18)40-4/h6-9,18-19,21-26,35,37-38H,5,10-15H2,1-4H3,(H,32,34)/t18-,19+,21+,22-,23+,24+,25-,26+,28-,29+,30+,31+/m1/s1. The van der Waals surface area contributed by atoms with Crippen molar-refractivity contribution in [3.8, 4) is 0 Å². The monoisotopic (exact) mass is 570 g/mol. The number of anilines is 1. The average molecular weight is 571 g/mol. The number of aliphatic hydroxyl groups is 3. The number of piperidine rings is 1. The van der Waals surface area contributed by atoms with E-state index in [4.69, 9.17) is 14.2 Å². The highest BCUT2D eigenvalue weighted by atomic mass is 16.6. The zero-order valence-corrected chi connectivity index (χ0v) is 24.2. The molecule has 41 heavy (non-hydrogen) atoms. The first-order valence-electron chi connectivity index (χ1n) is 15.1. The molecule has 5 saturated carbocycles. The van der Waals surface area contributed by atoms with Crippen molar-refractivity contribution in [2.75, 3.05) is 32.6 Å². The zero-order chi connectivity index (χ0) is 29.1. The second-order valence-electron chi connectivity index (χ2n) is 13.5. The molecule has 12 atom stereocenters. The summed E-state index contributed by atoms with van der Waals surface area (Å²) >= 11 is 0. The maximum Gasteiger partial charge on any atom is 0.340 e. The number of esters is 1. The summed E-state index contributed by atoms with van der Waals surface area (Å²) in [4.78, 5) is 28.1. The predicted octanol–water partition coefficient (Wildman–Crippen LogP) is 1.57. The number of hydrogen-bond donors (Lipinski definition) is 4. The minimum absolute atomic E-state index is 0.125. The fourth-order valence-corrected chi connectivity index (χ4v) is 11.3. The fourth-order valence-electron chi connectivity index (χ4n) is 11.3. The lowest BCUT2D eigenvalue weighted by Gasteiger charge is -2.70. The van der Waals surface area contributed by atoms with Gasteiger partial charge in [-0.2, -0.15) is 0 Å². The Kier molecular flexibility index (Phi) is 6.07. The van der Waals surface area contributed by atoms with E-state index in [1.54, 1.807) is 38.5 Å². The fraction of sp³-hybridized carbons (Fsp3) is 0.742. The Bertz CT molecular complexity index is 1280. The molecule has 1 aromatic carbocycles. The van der Waals surface area contributed by atoms with Crippen LogP contribution in [0.3, 0.4) is 0 Å². The van der Waals surface area contributed by atoms with Gasteiger partial charge in [0.25, 0.3) is 0 Å². The second kappa shape index (κ2) is 8.97. The predicted molar refractivity (Wildman–Crippen MR) is 147 cm³/mol. The summed E-state index contributed by atoms with van der Waals surface area (Å²) in [6, 6.07) is 6.66. The Labute approximate surface area is 240 Å². The van der Waals surface area contributed by atoms with Gasteiger partial charge >= 0.3 is 5.97 Å². The summed E-state index contributed by atoms with van der Waals surface area (Å²) in [5.41, 5.74) is -4.08. The molecule has 0 radical (unpaired) electrons. The van der Waals surface area contributed by atoms with E-state index in [-0.39, 0.29) is 41.4 Å². The van der Waals surface area contributed by atoms with Crippen LogP contribution in [0.15, 0.2) is 24.3 Å². The second-order valence-corrected chi connectivity index (χ2v) is 13.5. The van der Waals surface area contributed by atoms with Crippen molar-refractivity contribution in [3.63, 3.8) is 0 Å². The van der Waals surface area contributed by atoms with Crippen molar-refractivity contribution in [1.29, 1.82) is 0 Å². The molecule has 6 aliphatic rings. The van der Waals surface area contributed by atoms with E-state index >= 15 is 0 Å². The maximum atomic E-state index is 13.9. The molecule has 7 bridgehead atoms. The van der Waals surface area contributed by atoms with Crippen molar-refractivity contribution in [2.45, 2.75) is 87.1 Å². The molecule has 1 aliphatic heterocycles. The molecule has 10 heteroatoms. The van der Waals surface area contributed by atoms with Crippen molar-refractivity contribution in [3.05, 3.63) is 29.8 Å². The molecule has 0 aromatic heterocycles. The first-order valence-corrected chi connectivity index (χ1v) is 15.1. The van der Waals surface area contributed by atoms with Crippen molar-refractivity contribution >= 4 is 17.6 Å². The third-order valence-electron chi connectivity index (χ3n) is 12.4. The SMILES string of the molecule is CCN1C[C@]2(OC(=O)c3ccccc3NC(C)=O)CC[C@H](O)[C@@]34[C@@H]2C[C@@H]([C@@H]13)[C@@]1(O)C[C@H](OC)[C@H]2C[C@@H]4[C@]1(O)[C@H]2OC. The molecular weight excluding hydrogens is 528 g/mol. The Morgan fingerprint density at radius 3 is 2.56 bits per heavy atom. The van der Waals surface area contributed by atoms with Crippen LogP contribution in [-0.2, 0) is 19.0 Å². The van der Waals surface area contributed by atoms with Gasteiger partial charge in [0.15, 0.2) is 0 Å². The van der Waals surface area contributed by atoms with Gasteiger partial charge in [-0.1, -0.05) is 19.1 Å². The summed E-state index contributed by atoms with van der Waals surface area (Å²) in [5.74, 6) is -2.00.